The van der Waals surface area contributed by atoms with Gasteiger partial charge in [0.05, 0.1) is 17.7 Å². The Kier molecular flexibility index (Phi) is 5.41. The molecule has 3 rings (SSSR count). The zero-order valence-electron chi connectivity index (χ0n) is 13.6. The molecule has 0 unspecified atom stereocenters. The first-order chi connectivity index (χ1) is 11.7. The number of aromatic nitrogens is 1. The van der Waals surface area contributed by atoms with Crippen molar-refractivity contribution in [2.75, 3.05) is 6.54 Å². The normalized spacial score (nSPS) is 14.3. The lowest BCUT2D eigenvalue weighted by molar-refractivity contribution is -0.120. The van der Waals surface area contributed by atoms with Gasteiger partial charge in [-0.05, 0) is 44.2 Å². The van der Waals surface area contributed by atoms with Crippen molar-refractivity contribution in [2.45, 2.75) is 38.5 Å². The van der Waals surface area contributed by atoms with Crippen LogP contribution in [0, 0.1) is 5.82 Å². The summed E-state index contributed by atoms with van der Waals surface area (Å²) in [4.78, 5) is 12.0. The maximum atomic E-state index is 13.7. The van der Waals surface area contributed by atoms with Crippen LogP contribution in [0.3, 0.4) is 0 Å². The van der Waals surface area contributed by atoms with Gasteiger partial charge in [0.25, 0.3) is 0 Å². The summed E-state index contributed by atoms with van der Waals surface area (Å²) in [7, 11) is 0. The summed E-state index contributed by atoms with van der Waals surface area (Å²) in [6, 6.07) is 7.95. The molecular formula is C19H21FN2O2. The number of carbonyl (C=O) groups excluding carboxylic acids is 1. The van der Waals surface area contributed by atoms with E-state index in [1.54, 1.807) is 24.3 Å². The van der Waals surface area contributed by atoms with E-state index in [1.165, 1.54) is 24.5 Å². The summed E-state index contributed by atoms with van der Waals surface area (Å²) in [6.45, 7) is 0.642. The van der Waals surface area contributed by atoms with Gasteiger partial charge in [-0.25, -0.2) is 4.39 Å². The molecular weight excluding hydrogens is 307 g/mol. The van der Waals surface area contributed by atoms with E-state index < -0.39 is 0 Å². The molecule has 1 N–H and O–H groups in total. The number of amides is 1. The van der Waals surface area contributed by atoms with E-state index in [1.807, 2.05) is 0 Å². The van der Waals surface area contributed by atoms with Crippen molar-refractivity contribution in [3.8, 4) is 11.3 Å². The summed E-state index contributed by atoms with van der Waals surface area (Å²) in [5.74, 6) is -0.131. The number of hydrogen-bond acceptors (Lipinski definition) is 3. The predicted molar refractivity (Wildman–Crippen MR) is 89.8 cm³/mol. The fourth-order valence-corrected chi connectivity index (χ4v) is 2.90. The third-order valence-corrected chi connectivity index (χ3v) is 4.19. The molecule has 126 valence electrons. The Balaban J connectivity index is 1.50. The van der Waals surface area contributed by atoms with Crippen molar-refractivity contribution in [3.05, 3.63) is 53.5 Å². The highest BCUT2D eigenvalue weighted by molar-refractivity contribution is 5.78. The summed E-state index contributed by atoms with van der Waals surface area (Å²) < 4.78 is 18.9. The molecule has 0 saturated carbocycles. The Morgan fingerprint density at radius 1 is 1.29 bits per heavy atom. The number of rotatable bonds is 6. The third-order valence-electron chi connectivity index (χ3n) is 4.19. The van der Waals surface area contributed by atoms with Crippen molar-refractivity contribution >= 4 is 5.91 Å². The molecule has 1 aromatic carbocycles. The van der Waals surface area contributed by atoms with Gasteiger partial charge in [0.2, 0.25) is 5.91 Å². The van der Waals surface area contributed by atoms with Gasteiger partial charge in [0.1, 0.15) is 5.82 Å². The van der Waals surface area contributed by atoms with Gasteiger partial charge in [-0.1, -0.05) is 28.9 Å². The maximum Gasteiger partial charge on any atom is 0.226 e. The van der Waals surface area contributed by atoms with Gasteiger partial charge < -0.3 is 9.84 Å². The SMILES string of the molecule is O=C(Cc1cc(-c2ccccc2F)on1)NCCC1=CCCCC1. The number of allylic oxidation sites excluding steroid dienone is 1. The summed E-state index contributed by atoms with van der Waals surface area (Å²) in [6.07, 6.45) is 8.14. The van der Waals surface area contributed by atoms with E-state index in [-0.39, 0.29) is 18.1 Å². The number of nitrogens with zero attached hydrogens (tertiary/aromatic N) is 1. The Labute approximate surface area is 140 Å². The summed E-state index contributed by atoms with van der Waals surface area (Å²) >= 11 is 0. The van der Waals surface area contributed by atoms with Gasteiger partial charge >= 0.3 is 0 Å². The molecule has 1 amide bonds. The molecule has 2 aromatic rings. The molecule has 1 aliphatic carbocycles. The van der Waals surface area contributed by atoms with Gasteiger partial charge in [-0.15, -0.1) is 0 Å². The lowest BCUT2D eigenvalue weighted by Gasteiger charge is -2.12. The van der Waals surface area contributed by atoms with Gasteiger partial charge in [-0.2, -0.15) is 0 Å². The molecule has 1 aromatic heterocycles. The monoisotopic (exact) mass is 328 g/mol. The van der Waals surface area contributed by atoms with Crippen LogP contribution in [0.5, 0.6) is 0 Å². The second-order valence-electron chi connectivity index (χ2n) is 6.05. The molecule has 4 nitrogen and oxygen atoms in total. The van der Waals surface area contributed by atoms with E-state index in [0.717, 1.165) is 19.3 Å². The van der Waals surface area contributed by atoms with Crippen LogP contribution in [0.15, 0.2) is 46.5 Å². The topological polar surface area (TPSA) is 55.1 Å². The molecule has 0 saturated heterocycles. The van der Waals surface area contributed by atoms with E-state index >= 15 is 0 Å². The maximum absolute atomic E-state index is 13.7. The summed E-state index contributed by atoms with van der Waals surface area (Å²) in [5, 5.41) is 6.76. The number of carbonyl (C=O) groups is 1. The quantitative estimate of drug-likeness (QED) is 0.815. The Hall–Kier alpha value is -2.43. The van der Waals surface area contributed by atoms with Crippen molar-refractivity contribution in [1.29, 1.82) is 0 Å². The predicted octanol–water partition coefficient (Wildman–Crippen LogP) is 4.03. The zero-order valence-corrected chi connectivity index (χ0v) is 13.6. The molecule has 24 heavy (non-hydrogen) atoms. The fourth-order valence-electron chi connectivity index (χ4n) is 2.90. The lowest BCUT2D eigenvalue weighted by atomic mass is 9.97. The van der Waals surface area contributed by atoms with Crippen LogP contribution >= 0.6 is 0 Å². The molecule has 0 aliphatic heterocycles. The van der Waals surface area contributed by atoms with Crippen LogP contribution in [-0.2, 0) is 11.2 Å². The Morgan fingerprint density at radius 2 is 2.17 bits per heavy atom. The first kappa shape index (κ1) is 16.4. The molecule has 0 fully saturated rings. The van der Waals surface area contributed by atoms with Crippen molar-refractivity contribution in [2.24, 2.45) is 0 Å². The lowest BCUT2D eigenvalue weighted by Crippen LogP contribution is -2.26. The Morgan fingerprint density at radius 3 is 2.96 bits per heavy atom. The number of hydrogen-bond donors (Lipinski definition) is 1. The first-order valence-corrected chi connectivity index (χ1v) is 8.37. The summed E-state index contributed by atoms with van der Waals surface area (Å²) in [5.41, 5.74) is 2.29. The first-order valence-electron chi connectivity index (χ1n) is 8.37. The van der Waals surface area contributed by atoms with Crippen LogP contribution in [0.4, 0.5) is 4.39 Å². The second-order valence-corrected chi connectivity index (χ2v) is 6.05. The van der Waals surface area contributed by atoms with Crippen LogP contribution in [0.1, 0.15) is 37.8 Å². The van der Waals surface area contributed by atoms with Crippen LogP contribution in [0.2, 0.25) is 0 Å². The molecule has 0 bridgehead atoms. The number of halogens is 1. The molecule has 1 aliphatic rings. The van der Waals surface area contributed by atoms with E-state index in [4.69, 9.17) is 4.52 Å². The van der Waals surface area contributed by atoms with Crippen LogP contribution in [0.25, 0.3) is 11.3 Å². The largest absolute Gasteiger partial charge is 0.356 e. The fraction of sp³-hybridized carbons (Fsp3) is 0.368. The minimum Gasteiger partial charge on any atom is -0.356 e. The molecule has 5 heteroatoms. The standard InChI is InChI=1S/C19H21FN2O2/c20-17-9-5-4-8-16(17)18-12-15(22-24-18)13-19(23)21-11-10-14-6-2-1-3-7-14/h4-6,8-9,12H,1-3,7,10-11,13H2,(H,21,23). The van der Waals surface area contributed by atoms with Crippen molar-refractivity contribution in [3.63, 3.8) is 0 Å². The van der Waals surface area contributed by atoms with Crippen molar-refractivity contribution < 1.29 is 13.7 Å². The minimum atomic E-state index is -0.370. The minimum absolute atomic E-state index is 0.0974. The second kappa shape index (κ2) is 7.90. The highest BCUT2D eigenvalue weighted by Gasteiger charge is 2.13. The average molecular weight is 328 g/mol. The van der Waals surface area contributed by atoms with E-state index in [2.05, 4.69) is 16.5 Å². The van der Waals surface area contributed by atoms with E-state index in [0.29, 0.717) is 23.6 Å². The molecule has 0 radical (unpaired) electrons. The number of nitrogens with one attached hydrogen (secondary N) is 1. The van der Waals surface area contributed by atoms with E-state index in [9.17, 15) is 9.18 Å². The average Bonchev–Trinajstić information content (AvgIpc) is 3.04. The third kappa shape index (κ3) is 4.31. The van der Waals surface area contributed by atoms with Gasteiger partial charge in [-0.3, -0.25) is 4.79 Å². The van der Waals surface area contributed by atoms with Gasteiger partial charge in [0, 0.05) is 12.6 Å². The molecule has 0 atom stereocenters. The highest BCUT2D eigenvalue weighted by Crippen LogP contribution is 2.23. The van der Waals surface area contributed by atoms with Crippen LogP contribution in [-0.4, -0.2) is 17.6 Å². The molecule has 1 heterocycles. The zero-order chi connectivity index (χ0) is 16.8. The van der Waals surface area contributed by atoms with Gasteiger partial charge in [0.15, 0.2) is 5.76 Å². The van der Waals surface area contributed by atoms with Crippen LogP contribution < -0.4 is 5.32 Å². The molecule has 0 spiro atoms. The smallest absolute Gasteiger partial charge is 0.226 e. The number of benzene rings is 1. The Bertz CT molecular complexity index is 736. The van der Waals surface area contributed by atoms with Crippen molar-refractivity contribution in [1.82, 2.24) is 10.5 Å². The highest BCUT2D eigenvalue weighted by atomic mass is 19.1.